The number of fused-ring (bicyclic) bond motifs is 1. The van der Waals surface area contributed by atoms with Crippen molar-refractivity contribution in [3.05, 3.63) is 42.7 Å². The molecule has 0 N–H and O–H groups in total. The summed E-state index contributed by atoms with van der Waals surface area (Å²) in [5, 5.41) is 4.13. The monoisotopic (exact) mass is 315 g/mol. The lowest BCUT2D eigenvalue weighted by Gasteiger charge is -2.29. The van der Waals surface area contributed by atoms with Crippen molar-refractivity contribution < 1.29 is 14.3 Å². The molecule has 1 aromatic heterocycles. The Bertz CT molecular complexity index is 642. The molecular weight excluding hydrogens is 294 g/mol. The average molecular weight is 315 g/mol. The first-order valence-corrected chi connectivity index (χ1v) is 7.82. The van der Waals surface area contributed by atoms with Crippen LogP contribution in [0.15, 0.2) is 42.7 Å². The normalized spacial score (nSPS) is 16.1. The van der Waals surface area contributed by atoms with Crippen molar-refractivity contribution in [3.63, 3.8) is 0 Å². The van der Waals surface area contributed by atoms with Crippen LogP contribution in [0.2, 0.25) is 0 Å². The molecule has 1 amide bonds. The molecule has 0 radical (unpaired) electrons. The van der Waals surface area contributed by atoms with Crippen molar-refractivity contribution in [2.45, 2.75) is 25.5 Å². The standard InChI is InChI=1S/C17H21N3O3/c1-19(17(21)8-4-10-20-11-5-9-18-20)12-14-13-22-15-6-2-3-7-16(15)23-14/h2-3,5-7,9,11,14H,4,8,10,12-13H2,1H3. The second-order valence-corrected chi connectivity index (χ2v) is 5.64. The number of benzene rings is 1. The van der Waals surface area contributed by atoms with Gasteiger partial charge < -0.3 is 14.4 Å². The van der Waals surface area contributed by atoms with Gasteiger partial charge in [-0.1, -0.05) is 12.1 Å². The van der Waals surface area contributed by atoms with E-state index in [1.54, 1.807) is 18.1 Å². The summed E-state index contributed by atoms with van der Waals surface area (Å²) in [4.78, 5) is 13.9. The Kier molecular flexibility index (Phi) is 4.80. The number of aromatic nitrogens is 2. The molecule has 0 saturated carbocycles. The Hall–Kier alpha value is -2.50. The number of aryl methyl sites for hydroxylation is 1. The van der Waals surface area contributed by atoms with E-state index in [1.807, 2.05) is 41.2 Å². The maximum absolute atomic E-state index is 12.2. The summed E-state index contributed by atoms with van der Waals surface area (Å²) in [7, 11) is 1.81. The quantitative estimate of drug-likeness (QED) is 0.818. The van der Waals surface area contributed by atoms with Crippen LogP contribution in [0.4, 0.5) is 0 Å². The highest BCUT2D eigenvalue weighted by Crippen LogP contribution is 2.30. The highest BCUT2D eigenvalue weighted by Gasteiger charge is 2.23. The molecule has 23 heavy (non-hydrogen) atoms. The third-order valence-electron chi connectivity index (χ3n) is 3.81. The number of carbonyl (C=O) groups is 1. The number of hydrogen-bond donors (Lipinski definition) is 0. The van der Waals surface area contributed by atoms with E-state index >= 15 is 0 Å². The number of ether oxygens (including phenoxy) is 2. The largest absolute Gasteiger partial charge is 0.486 e. The van der Waals surface area contributed by atoms with E-state index in [9.17, 15) is 4.79 Å². The average Bonchev–Trinajstić information content (AvgIpc) is 3.08. The Morgan fingerprint density at radius 2 is 2.17 bits per heavy atom. The summed E-state index contributed by atoms with van der Waals surface area (Å²) < 4.78 is 13.4. The summed E-state index contributed by atoms with van der Waals surface area (Å²) in [5.41, 5.74) is 0. The first-order chi connectivity index (χ1) is 11.2. The van der Waals surface area contributed by atoms with Crippen LogP contribution in [0.1, 0.15) is 12.8 Å². The molecule has 2 aromatic rings. The zero-order chi connectivity index (χ0) is 16.1. The van der Waals surface area contributed by atoms with E-state index in [-0.39, 0.29) is 12.0 Å². The van der Waals surface area contributed by atoms with Crippen LogP contribution in [-0.4, -0.2) is 46.9 Å². The lowest BCUT2D eigenvalue weighted by atomic mass is 10.2. The third kappa shape index (κ3) is 4.03. The van der Waals surface area contributed by atoms with E-state index in [2.05, 4.69) is 5.10 Å². The van der Waals surface area contributed by atoms with Crippen LogP contribution in [0, 0.1) is 0 Å². The molecule has 0 spiro atoms. The van der Waals surface area contributed by atoms with Gasteiger partial charge in [-0.25, -0.2) is 0 Å². The van der Waals surface area contributed by atoms with Crippen molar-refractivity contribution in [2.75, 3.05) is 20.2 Å². The number of amides is 1. The Morgan fingerprint density at radius 1 is 1.35 bits per heavy atom. The van der Waals surface area contributed by atoms with Crippen molar-refractivity contribution in [2.24, 2.45) is 0 Å². The summed E-state index contributed by atoms with van der Waals surface area (Å²) in [6, 6.07) is 9.47. The summed E-state index contributed by atoms with van der Waals surface area (Å²) in [6.07, 6.45) is 4.78. The van der Waals surface area contributed by atoms with Gasteiger partial charge in [0.2, 0.25) is 5.91 Å². The molecule has 0 aliphatic carbocycles. The van der Waals surface area contributed by atoms with Crippen LogP contribution in [-0.2, 0) is 11.3 Å². The smallest absolute Gasteiger partial charge is 0.222 e. The van der Waals surface area contributed by atoms with Gasteiger partial charge in [0.25, 0.3) is 0 Å². The Labute approximate surface area is 135 Å². The number of likely N-dealkylation sites (N-methyl/N-ethyl adjacent to an activating group) is 1. The minimum atomic E-state index is -0.134. The zero-order valence-corrected chi connectivity index (χ0v) is 13.2. The van der Waals surface area contributed by atoms with Crippen molar-refractivity contribution in [1.82, 2.24) is 14.7 Å². The molecule has 1 aromatic carbocycles. The van der Waals surface area contributed by atoms with Gasteiger partial charge in [0, 0.05) is 32.4 Å². The molecule has 1 aliphatic rings. The molecule has 122 valence electrons. The van der Waals surface area contributed by atoms with Gasteiger partial charge in [-0.2, -0.15) is 5.10 Å². The molecule has 0 saturated heterocycles. The fraction of sp³-hybridized carbons (Fsp3) is 0.412. The molecule has 6 nitrogen and oxygen atoms in total. The predicted molar refractivity (Wildman–Crippen MR) is 85.5 cm³/mol. The van der Waals surface area contributed by atoms with Crippen molar-refractivity contribution in [3.8, 4) is 11.5 Å². The number of para-hydroxylation sites is 2. The third-order valence-corrected chi connectivity index (χ3v) is 3.81. The van der Waals surface area contributed by atoms with Gasteiger partial charge in [-0.15, -0.1) is 0 Å². The van der Waals surface area contributed by atoms with Crippen LogP contribution in [0.3, 0.4) is 0 Å². The maximum Gasteiger partial charge on any atom is 0.222 e. The van der Waals surface area contributed by atoms with E-state index in [0.717, 1.165) is 24.5 Å². The predicted octanol–water partition coefficient (Wildman–Crippen LogP) is 1.96. The van der Waals surface area contributed by atoms with E-state index in [4.69, 9.17) is 9.47 Å². The number of carbonyl (C=O) groups excluding carboxylic acids is 1. The molecule has 1 aliphatic heterocycles. The molecular formula is C17H21N3O3. The van der Waals surface area contributed by atoms with Crippen LogP contribution < -0.4 is 9.47 Å². The topological polar surface area (TPSA) is 56.6 Å². The van der Waals surface area contributed by atoms with Gasteiger partial charge in [-0.05, 0) is 24.6 Å². The molecule has 1 atom stereocenters. The summed E-state index contributed by atoms with van der Waals surface area (Å²) in [5.74, 6) is 1.61. The van der Waals surface area contributed by atoms with Gasteiger partial charge in [0.15, 0.2) is 17.6 Å². The van der Waals surface area contributed by atoms with Crippen LogP contribution >= 0.6 is 0 Å². The molecule has 1 unspecified atom stereocenters. The van der Waals surface area contributed by atoms with Crippen molar-refractivity contribution in [1.29, 1.82) is 0 Å². The fourth-order valence-electron chi connectivity index (χ4n) is 2.58. The number of rotatable bonds is 6. The van der Waals surface area contributed by atoms with Gasteiger partial charge in [0.1, 0.15) is 6.61 Å². The number of nitrogens with zero attached hydrogens (tertiary/aromatic N) is 3. The minimum Gasteiger partial charge on any atom is -0.486 e. The lowest BCUT2D eigenvalue weighted by Crippen LogP contribution is -2.41. The fourth-order valence-corrected chi connectivity index (χ4v) is 2.58. The summed E-state index contributed by atoms with van der Waals surface area (Å²) >= 11 is 0. The van der Waals surface area contributed by atoms with E-state index in [0.29, 0.717) is 19.6 Å². The lowest BCUT2D eigenvalue weighted by molar-refractivity contribution is -0.131. The number of hydrogen-bond acceptors (Lipinski definition) is 4. The Morgan fingerprint density at radius 3 is 2.96 bits per heavy atom. The van der Waals surface area contributed by atoms with E-state index < -0.39 is 0 Å². The van der Waals surface area contributed by atoms with E-state index in [1.165, 1.54) is 0 Å². The highest BCUT2D eigenvalue weighted by atomic mass is 16.6. The Balaban J connectivity index is 1.43. The second kappa shape index (κ2) is 7.17. The zero-order valence-electron chi connectivity index (χ0n) is 13.2. The van der Waals surface area contributed by atoms with Crippen molar-refractivity contribution >= 4 is 5.91 Å². The maximum atomic E-state index is 12.2. The van der Waals surface area contributed by atoms with Gasteiger partial charge in [0.05, 0.1) is 6.54 Å². The second-order valence-electron chi connectivity index (χ2n) is 5.64. The summed E-state index contributed by atoms with van der Waals surface area (Å²) in [6.45, 7) is 1.74. The molecule has 0 bridgehead atoms. The molecule has 3 rings (SSSR count). The first-order valence-electron chi connectivity index (χ1n) is 7.82. The van der Waals surface area contributed by atoms with Crippen LogP contribution in [0.25, 0.3) is 0 Å². The van der Waals surface area contributed by atoms with Gasteiger partial charge in [-0.3, -0.25) is 9.48 Å². The molecule has 2 heterocycles. The minimum absolute atomic E-state index is 0.111. The van der Waals surface area contributed by atoms with Gasteiger partial charge >= 0.3 is 0 Å². The first kappa shape index (κ1) is 15.4. The molecule has 6 heteroatoms. The van der Waals surface area contributed by atoms with Crippen LogP contribution in [0.5, 0.6) is 11.5 Å². The highest BCUT2D eigenvalue weighted by molar-refractivity contribution is 5.75. The molecule has 0 fully saturated rings. The SMILES string of the molecule is CN(CC1COc2ccccc2O1)C(=O)CCCn1cccn1.